The van der Waals surface area contributed by atoms with E-state index in [1.165, 1.54) is 0 Å². The molecule has 3 atom stereocenters. The molecule has 0 saturated carbocycles. The number of nitrogens with zero attached hydrogens (tertiary/aromatic N) is 2. The van der Waals surface area contributed by atoms with Gasteiger partial charge in [-0.3, -0.25) is 15.0 Å². The van der Waals surface area contributed by atoms with Crippen LogP contribution in [0, 0.1) is 10.1 Å². The van der Waals surface area contributed by atoms with E-state index in [0.717, 1.165) is 27.2 Å². The van der Waals surface area contributed by atoms with Gasteiger partial charge in [-0.05, 0) is 36.4 Å². The molecule has 3 aromatic carbocycles. The maximum atomic E-state index is 12.4. The zero-order valence-electron chi connectivity index (χ0n) is 17.0. The van der Waals surface area contributed by atoms with Gasteiger partial charge in [-0.2, -0.15) is 0 Å². The molecule has 0 aliphatic carbocycles. The Morgan fingerprint density at radius 2 is 1.30 bits per heavy atom. The van der Waals surface area contributed by atoms with Crippen LogP contribution in [0.4, 0.5) is 0 Å². The molecule has 0 spiro atoms. The molecule has 0 bridgehead atoms. The Labute approximate surface area is 181 Å². The SMILES string of the molecule is CN(C)[C@@H]1C(c2ccccc2)=C(c2ccccc2)S[C@H](c2ccccc2)[C@H]1[N+](=O)[O-]. The number of rotatable bonds is 5. The summed E-state index contributed by atoms with van der Waals surface area (Å²) in [7, 11) is 3.87. The van der Waals surface area contributed by atoms with Gasteiger partial charge in [0.15, 0.2) is 0 Å². The van der Waals surface area contributed by atoms with Gasteiger partial charge in [0.1, 0.15) is 11.3 Å². The molecule has 0 saturated heterocycles. The molecule has 3 aromatic rings. The van der Waals surface area contributed by atoms with Crippen molar-refractivity contribution in [3.8, 4) is 0 Å². The molecule has 0 N–H and O–H groups in total. The number of likely N-dealkylation sites (N-methyl/N-ethyl adjacent to an activating group) is 1. The van der Waals surface area contributed by atoms with Crippen molar-refractivity contribution in [2.75, 3.05) is 14.1 Å². The summed E-state index contributed by atoms with van der Waals surface area (Å²) in [5, 5.41) is 12.1. The predicted octanol–water partition coefficient (Wildman–Crippen LogP) is 5.62. The molecular formula is C25H24N2O2S. The van der Waals surface area contributed by atoms with E-state index in [1.54, 1.807) is 11.8 Å². The standard InChI is InChI=1S/C25H24N2O2S/c1-26(2)22-21(18-12-6-3-7-13-18)24(19-14-8-4-9-15-19)30-25(23(22)27(28)29)20-16-10-5-11-17-20/h3-17,22-23,25H,1-2H3/t22-,23+,25-/m1/s1. The topological polar surface area (TPSA) is 46.4 Å². The molecular weight excluding hydrogens is 392 g/mol. The van der Waals surface area contributed by atoms with Crippen LogP contribution in [0.5, 0.6) is 0 Å². The lowest BCUT2D eigenvalue weighted by Gasteiger charge is -2.39. The summed E-state index contributed by atoms with van der Waals surface area (Å²) in [6, 6.07) is 29.0. The summed E-state index contributed by atoms with van der Waals surface area (Å²) < 4.78 is 0. The molecule has 0 unspecified atom stereocenters. The van der Waals surface area contributed by atoms with Crippen LogP contribution >= 0.6 is 11.8 Å². The molecule has 0 aromatic heterocycles. The van der Waals surface area contributed by atoms with Gasteiger partial charge in [0, 0.05) is 9.83 Å². The second-order valence-corrected chi connectivity index (χ2v) is 8.76. The predicted molar refractivity (Wildman–Crippen MR) is 125 cm³/mol. The lowest BCUT2D eigenvalue weighted by atomic mass is 9.86. The fourth-order valence-electron chi connectivity index (χ4n) is 4.16. The zero-order valence-corrected chi connectivity index (χ0v) is 17.8. The van der Waals surface area contributed by atoms with Gasteiger partial charge < -0.3 is 0 Å². The molecule has 1 heterocycles. The minimum atomic E-state index is -0.768. The monoisotopic (exact) mass is 416 g/mol. The van der Waals surface area contributed by atoms with Crippen molar-refractivity contribution in [3.05, 3.63) is 118 Å². The Kier molecular flexibility index (Phi) is 6.02. The van der Waals surface area contributed by atoms with E-state index in [9.17, 15) is 10.1 Å². The third-order valence-corrected chi connectivity index (χ3v) is 6.96. The van der Waals surface area contributed by atoms with Crippen LogP contribution in [-0.4, -0.2) is 36.0 Å². The molecule has 30 heavy (non-hydrogen) atoms. The van der Waals surface area contributed by atoms with E-state index in [2.05, 4.69) is 24.3 Å². The minimum absolute atomic E-state index is 0.0972. The molecule has 4 nitrogen and oxygen atoms in total. The summed E-state index contributed by atoms with van der Waals surface area (Å²) in [6.07, 6.45) is 0. The summed E-state index contributed by atoms with van der Waals surface area (Å²) in [5.74, 6) is 0. The smallest absolute Gasteiger partial charge is 0.248 e. The number of hydrogen-bond donors (Lipinski definition) is 0. The van der Waals surface area contributed by atoms with E-state index in [0.29, 0.717) is 0 Å². The van der Waals surface area contributed by atoms with Crippen molar-refractivity contribution >= 4 is 22.2 Å². The van der Waals surface area contributed by atoms with Crippen LogP contribution in [0.15, 0.2) is 91.0 Å². The third kappa shape index (κ3) is 3.91. The van der Waals surface area contributed by atoms with Crippen molar-refractivity contribution in [1.29, 1.82) is 0 Å². The van der Waals surface area contributed by atoms with Crippen LogP contribution in [-0.2, 0) is 0 Å². The molecule has 1 aliphatic rings. The number of nitro groups is 1. The van der Waals surface area contributed by atoms with E-state index in [4.69, 9.17) is 0 Å². The second kappa shape index (κ2) is 8.86. The fraction of sp³-hybridized carbons (Fsp3) is 0.200. The van der Waals surface area contributed by atoms with E-state index < -0.39 is 6.04 Å². The van der Waals surface area contributed by atoms with Gasteiger partial charge in [0.25, 0.3) is 0 Å². The van der Waals surface area contributed by atoms with Gasteiger partial charge in [-0.25, -0.2) is 0 Å². The van der Waals surface area contributed by atoms with Crippen LogP contribution in [0.3, 0.4) is 0 Å². The van der Waals surface area contributed by atoms with E-state index in [-0.39, 0.29) is 16.2 Å². The molecule has 0 radical (unpaired) electrons. The summed E-state index contributed by atoms with van der Waals surface area (Å²) >= 11 is 1.61. The van der Waals surface area contributed by atoms with Gasteiger partial charge in [-0.1, -0.05) is 91.0 Å². The lowest BCUT2D eigenvalue weighted by Crippen LogP contribution is -2.48. The number of thioether (sulfide) groups is 1. The molecule has 5 heteroatoms. The average molecular weight is 417 g/mol. The molecule has 0 fully saturated rings. The normalized spacial score (nSPS) is 21.6. The maximum Gasteiger partial charge on any atom is 0.248 e. The highest BCUT2D eigenvalue weighted by atomic mass is 32.2. The summed E-state index contributed by atoms with van der Waals surface area (Å²) in [5.41, 5.74) is 4.12. The van der Waals surface area contributed by atoms with Crippen LogP contribution in [0.25, 0.3) is 10.5 Å². The van der Waals surface area contributed by atoms with E-state index >= 15 is 0 Å². The average Bonchev–Trinajstić information content (AvgIpc) is 2.79. The first-order valence-corrected chi connectivity index (χ1v) is 10.8. The van der Waals surface area contributed by atoms with Crippen molar-refractivity contribution in [2.45, 2.75) is 17.3 Å². The quantitative estimate of drug-likeness (QED) is 0.400. The highest BCUT2D eigenvalue weighted by Gasteiger charge is 2.49. The summed E-state index contributed by atoms with van der Waals surface area (Å²) in [4.78, 5) is 15.4. The number of benzene rings is 3. The number of hydrogen-bond acceptors (Lipinski definition) is 4. The summed E-state index contributed by atoms with van der Waals surface area (Å²) in [6.45, 7) is 0. The highest BCUT2D eigenvalue weighted by Crippen LogP contribution is 2.53. The first kappa shape index (κ1) is 20.4. The Bertz CT molecular complexity index is 1040. The first-order chi connectivity index (χ1) is 14.6. The van der Waals surface area contributed by atoms with Gasteiger partial charge in [0.2, 0.25) is 6.04 Å². The molecule has 4 rings (SSSR count). The molecule has 1 aliphatic heterocycles. The van der Waals surface area contributed by atoms with Crippen LogP contribution < -0.4 is 0 Å². The Hall–Kier alpha value is -2.89. The molecule has 152 valence electrons. The Morgan fingerprint density at radius 1 is 0.800 bits per heavy atom. The van der Waals surface area contributed by atoms with Crippen LogP contribution in [0.1, 0.15) is 21.9 Å². The second-order valence-electron chi connectivity index (χ2n) is 7.61. The Balaban J connectivity index is 1.99. The largest absolute Gasteiger partial charge is 0.296 e. The lowest BCUT2D eigenvalue weighted by molar-refractivity contribution is -0.527. The van der Waals surface area contributed by atoms with Gasteiger partial charge >= 0.3 is 0 Å². The molecule has 0 amide bonds. The highest BCUT2D eigenvalue weighted by molar-refractivity contribution is 8.08. The first-order valence-electron chi connectivity index (χ1n) is 9.94. The van der Waals surface area contributed by atoms with Crippen molar-refractivity contribution in [3.63, 3.8) is 0 Å². The maximum absolute atomic E-state index is 12.4. The van der Waals surface area contributed by atoms with Gasteiger partial charge in [0.05, 0.1) is 0 Å². The Morgan fingerprint density at radius 3 is 1.80 bits per heavy atom. The van der Waals surface area contributed by atoms with E-state index in [1.807, 2.05) is 85.7 Å². The van der Waals surface area contributed by atoms with Crippen molar-refractivity contribution < 1.29 is 4.92 Å². The van der Waals surface area contributed by atoms with Crippen molar-refractivity contribution in [2.24, 2.45) is 0 Å². The third-order valence-electron chi connectivity index (χ3n) is 5.47. The zero-order chi connectivity index (χ0) is 21.1. The minimum Gasteiger partial charge on any atom is -0.296 e. The van der Waals surface area contributed by atoms with Crippen LogP contribution in [0.2, 0.25) is 0 Å². The fourth-order valence-corrected chi connectivity index (χ4v) is 5.73. The van der Waals surface area contributed by atoms with Crippen molar-refractivity contribution in [1.82, 2.24) is 4.90 Å². The van der Waals surface area contributed by atoms with Gasteiger partial charge in [-0.15, -0.1) is 11.8 Å².